The van der Waals surface area contributed by atoms with Gasteiger partial charge in [-0.25, -0.2) is 15.0 Å². The Morgan fingerprint density at radius 2 is 2.00 bits per heavy atom. The van der Waals surface area contributed by atoms with Crippen LogP contribution in [0.4, 0.5) is 10.9 Å². The lowest BCUT2D eigenvalue weighted by Gasteiger charge is -2.08. The lowest BCUT2D eigenvalue weighted by Crippen LogP contribution is -2.12. The first-order valence-corrected chi connectivity index (χ1v) is 11.1. The summed E-state index contributed by atoms with van der Waals surface area (Å²) < 4.78 is 5.86. The third kappa shape index (κ3) is 5.97. The maximum Gasteiger partial charge on any atom is 0.322 e. The summed E-state index contributed by atoms with van der Waals surface area (Å²) in [6.07, 6.45) is 14.4. The van der Waals surface area contributed by atoms with Crippen molar-refractivity contribution in [2.75, 3.05) is 19.4 Å². The average Bonchev–Trinajstić information content (AvgIpc) is 3.10. The largest absolute Gasteiger partial charge is 0.425 e. The second-order valence-corrected chi connectivity index (χ2v) is 8.86. The van der Waals surface area contributed by atoms with Crippen LogP contribution in [0, 0.1) is 6.92 Å². The number of anilines is 2. The average molecular weight is 468 g/mol. The van der Waals surface area contributed by atoms with Gasteiger partial charge < -0.3 is 15.0 Å². The smallest absolute Gasteiger partial charge is 0.322 e. The molecule has 1 unspecified atom stereocenters. The Labute approximate surface area is 195 Å². The minimum absolute atomic E-state index is 0.251. The van der Waals surface area contributed by atoms with Crippen molar-refractivity contribution in [1.29, 1.82) is 0 Å². The first kappa shape index (κ1) is 22.1. The minimum Gasteiger partial charge on any atom is -0.425 e. The van der Waals surface area contributed by atoms with Crippen molar-refractivity contribution >= 4 is 33.9 Å². The van der Waals surface area contributed by atoms with Gasteiger partial charge in [-0.15, -0.1) is 11.6 Å². The van der Waals surface area contributed by atoms with Crippen LogP contribution >= 0.6 is 22.9 Å². The van der Waals surface area contributed by atoms with Gasteiger partial charge >= 0.3 is 6.01 Å². The molecule has 4 rings (SSSR count). The summed E-state index contributed by atoms with van der Waals surface area (Å²) in [5.74, 6) is 1.22. The topological polar surface area (TPSA) is 89.0 Å². The van der Waals surface area contributed by atoms with Crippen LogP contribution < -0.4 is 10.1 Å². The van der Waals surface area contributed by atoms with E-state index in [0.29, 0.717) is 16.7 Å². The standard InChI is InChI=1S/C22H22ClN7OS/c1-14-8-18(28-21(27-14)31-17-7-5-4-6-15(23)9-17)19-11-26-22(32-19)29-20-12-24-16(10-25-20)13-30(2)3/h4-12,15H,13H2,1-3H3,(H,25,26,29). The lowest BCUT2D eigenvalue weighted by atomic mass is 10.3. The molecule has 0 aliphatic heterocycles. The van der Waals surface area contributed by atoms with Crippen LogP contribution in [0.5, 0.6) is 6.01 Å². The van der Waals surface area contributed by atoms with Crippen molar-refractivity contribution in [2.45, 2.75) is 18.8 Å². The fourth-order valence-electron chi connectivity index (χ4n) is 2.86. The van der Waals surface area contributed by atoms with Gasteiger partial charge in [0.2, 0.25) is 0 Å². The van der Waals surface area contributed by atoms with Gasteiger partial charge in [-0.3, -0.25) is 4.98 Å². The van der Waals surface area contributed by atoms with Gasteiger partial charge in [0, 0.05) is 18.4 Å². The maximum atomic E-state index is 6.19. The van der Waals surface area contributed by atoms with Crippen molar-refractivity contribution in [3.63, 3.8) is 0 Å². The Balaban J connectivity index is 1.49. The molecule has 0 saturated heterocycles. The summed E-state index contributed by atoms with van der Waals surface area (Å²) in [5.41, 5.74) is 2.41. The van der Waals surface area contributed by atoms with Gasteiger partial charge in [0.25, 0.3) is 0 Å². The molecule has 164 valence electrons. The molecule has 3 heterocycles. The Morgan fingerprint density at radius 1 is 1.12 bits per heavy atom. The van der Waals surface area contributed by atoms with Gasteiger partial charge in [0.1, 0.15) is 5.76 Å². The summed E-state index contributed by atoms with van der Waals surface area (Å²) in [6, 6.07) is 2.15. The number of nitrogens with zero attached hydrogens (tertiary/aromatic N) is 6. The molecule has 8 nitrogen and oxygen atoms in total. The molecule has 3 aromatic rings. The van der Waals surface area contributed by atoms with Crippen LogP contribution in [0.1, 0.15) is 11.4 Å². The number of allylic oxidation sites excluding steroid dienone is 5. The summed E-state index contributed by atoms with van der Waals surface area (Å²) in [6.45, 7) is 2.63. The Bertz CT molecular complexity index is 1170. The zero-order chi connectivity index (χ0) is 22.5. The highest BCUT2D eigenvalue weighted by Crippen LogP contribution is 2.30. The summed E-state index contributed by atoms with van der Waals surface area (Å²) >= 11 is 7.65. The number of rotatable bonds is 7. The third-order valence-electron chi connectivity index (χ3n) is 4.21. The van der Waals surface area contributed by atoms with Gasteiger partial charge in [0.05, 0.1) is 34.0 Å². The predicted molar refractivity (Wildman–Crippen MR) is 127 cm³/mol. The number of thiazole rings is 1. The van der Waals surface area contributed by atoms with E-state index in [1.54, 1.807) is 24.7 Å². The molecule has 1 aliphatic rings. The van der Waals surface area contributed by atoms with Crippen molar-refractivity contribution in [2.24, 2.45) is 0 Å². The van der Waals surface area contributed by atoms with E-state index in [4.69, 9.17) is 16.3 Å². The Morgan fingerprint density at radius 3 is 2.78 bits per heavy atom. The summed E-state index contributed by atoms with van der Waals surface area (Å²) in [4.78, 5) is 25.1. The van der Waals surface area contributed by atoms with E-state index in [9.17, 15) is 0 Å². The molecule has 0 saturated carbocycles. The van der Waals surface area contributed by atoms with Crippen molar-refractivity contribution < 1.29 is 4.74 Å². The first-order valence-electron chi connectivity index (χ1n) is 9.88. The van der Waals surface area contributed by atoms with Gasteiger partial charge in [0.15, 0.2) is 10.9 Å². The maximum absolute atomic E-state index is 6.19. The molecule has 0 spiro atoms. The fraction of sp³-hybridized carbons (Fsp3) is 0.227. The summed E-state index contributed by atoms with van der Waals surface area (Å²) in [7, 11) is 3.98. The predicted octanol–water partition coefficient (Wildman–Crippen LogP) is 4.50. The molecule has 0 amide bonds. The van der Waals surface area contributed by atoms with Gasteiger partial charge in [-0.05, 0) is 39.2 Å². The molecule has 0 radical (unpaired) electrons. The number of aromatic nitrogens is 5. The monoisotopic (exact) mass is 467 g/mol. The Kier molecular flexibility index (Phi) is 6.89. The molecular weight excluding hydrogens is 446 g/mol. The second kappa shape index (κ2) is 9.99. The quantitative estimate of drug-likeness (QED) is 0.508. The Hall–Kier alpha value is -3.14. The normalized spacial score (nSPS) is 15.5. The van der Waals surface area contributed by atoms with Crippen LogP contribution in [0.25, 0.3) is 10.6 Å². The second-order valence-electron chi connectivity index (χ2n) is 7.32. The zero-order valence-corrected chi connectivity index (χ0v) is 19.4. The molecule has 10 heteroatoms. The number of halogens is 1. The fourth-order valence-corrected chi connectivity index (χ4v) is 3.85. The van der Waals surface area contributed by atoms with E-state index < -0.39 is 0 Å². The molecular formula is C22H22ClN7OS. The highest BCUT2D eigenvalue weighted by atomic mass is 35.5. The number of nitrogens with one attached hydrogen (secondary N) is 1. The third-order valence-corrected chi connectivity index (χ3v) is 5.42. The molecule has 0 fully saturated rings. The first-order chi connectivity index (χ1) is 15.4. The van der Waals surface area contributed by atoms with E-state index in [0.717, 1.165) is 28.5 Å². The number of aryl methyl sites for hydroxylation is 1. The van der Waals surface area contributed by atoms with Crippen molar-refractivity contribution in [3.05, 3.63) is 72.2 Å². The van der Waals surface area contributed by atoms with E-state index in [1.165, 1.54) is 11.3 Å². The molecule has 1 N–H and O–H groups in total. The van der Waals surface area contributed by atoms with Crippen LogP contribution in [-0.2, 0) is 6.54 Å². The summed E-state index contributed by atoms with van der Waals surface area (Å²) in [5, 5.41) is 3.63. The van der Waals surface area contributed by atoms with Gasteiger partial charge in [-0.1, -0.05) is 29.6 Å². The lowest BCUT2D eigenvalue weighted by molar-refractivity contribution is 0.396. The van der Waals surface area contributed by atoms with Crippen molar-refractivity contribution in [1.82, 2.24) is 29.8 Å². The van der Waals surface area contributed by atoms with Crippen LogP contribution in [0.3, 0.4) is 0 Å². The molecule has 1 aliphatic carbocycles. The van der Waals surface area contributed by atoms with Gasteiger partial charge in [-0.2, -0.15) is 4.98 Å². The van der Waals surface area contributed by atoms with Crippen LogP contribution in [0.15, 0.2) is 60.8 Å². The molecule has 0 bridgehead atoms. The van der Waals surface area contributed by atoms with E-state index >= 15 is 0 Å². The zero-order valence-electron chi connectivity index (χ0n) is 17.9. The van der Waals surface area contributed by atoms with E-state index in [1.807, 2.05) is 56.3 Å². The number of alkyl halides is 1. The van der Waals surface area contributed by atoms with E-state index in [-0.39, 0.29) is 11.4 Å². The van der Waals surface area contributed by atoms with Crippen LogP contribution in [-0.4, -0.2) is 49.3 Å². The number of ether oxygens (including phenoxy) is 1. The number of hydrogen-bond donors (Lipinski definition) is 1. The van der Waals surface area contributed by atoms with Crippen molar-refractivity contribution in [3.8, 4) is 16.6 Å². The van der Waals surface area contributed by atoms with Crippen LogP contribution in [0.2, 0.25) is 0 Å². The highest BCUT2D eigenvalue weighted by molar-refractivity contribution is 7.18. The highest BCUT2D eigenvalue weighted by Gasteiger charge is 2.12. The SMILES string of the molecule is Cc1cc(-c2cnc(Nc3cnc(CN(C)C)cn3)s2)nc(OC2=CC(Cl)C=CC=C2)n1. The molecule has 0 aromatic carbocycles. The molecule has 1 atom stereocenters. The van der Waals surface area contributed by atoms with E-state index in [2.05, 4.69) is 30.2 Å². The molecule has 32 heavy (non-hydrogen) atoms. The molecule has 3 aromatic heterocycles. The minimum atomic E-state index is -0.251. The number of hydrogen-bond acceptors (Lipinski definition) is 9.